The lowest BCUT2D eigenvalue weighted by atomic mass is 10.1. The number of halogens is 2. The number of aromatic nitrogens is 1. The quantitative estimate of drug-likeness (QED) is 0.446. The van der Waals surface area contributed by atoms with Gasteiger partial charge in [-0.05, 0) is 35.9 Å². The fourth-order valence-corrected chi connectivity index (χ4v) is 4.79. The third kappa shape index (κ3) is 4.09. The standard InChI is InChI=1S/C21H14ClFN2O2S2/c22-18-4-2-1-3-17(18)21-25-19(13-7-11-16(12-8-13)29(24,26)27)20(28-21)14-5-9-15(23)10-6-14/h1-12H,(H2,24,26,27). The van der Waals surface area contributed by atoms with E-state index in [4.69, 9.17) is 21.7 Å². The minimum absolute atomic E-state index is 0.0196. The van der Waals surface area contributed by atoms with Crippen LogP contribution in [0, 0.1) is 5.82 Å². The Balaban J connectivity index is 1.89. The number of nitrogens with zero attached hydrogens (tertiary/aromatic N) is 1. The third-order valence-electron chi connectivity index (χ3n) is 4.29. The van der Waals surface area contributed by atoms with Gasteiger partial charge < -0.3 is 0 Å². The summed E-state index contributed by atoms with van der Waals surface area (Å²) in [5.41, 5.74) is 2.95. The number of thiazole rings is 1. The summed E-state index contributed by atoms with van der Waals surface area (Å²) in [6.07, 6.45) is 0. The number of sulfonamides is 1. The lowest BCUT2D eigenvalue weighted by Crippen LogP contribution is -2.11. The van der Waals surface area contributed by atoms with Crippen molar-refractivity contribution in [3.05, 3.63) is 83.6 Å². The third-order valence-corrected chi connectivity index (χ3v) is 6.69. The molecule has 4 aromatic rings. The summed E-state index contributed by atoms with van der Waals surface area (Å²) in [6, 6.07) is 19.7. The largest absolute Gasteiger partial charge is 0.238 e. The Hall–Kier alpha value is -2.58. The molecule has 0 fully saturated rings. The SMILES string of the molecule is NS(=O)(=O)c1ccc(-c2nc(-c3ccccc3Cl)sc2-c2ccc(F)cc2)cc1. The molecule has 4 rings (SSSR count). The zero-order valence-electron chi connectivity index (χ0n) is 14.8. The first-order chi connectivity index (χ1) is 13.8. The highest BCUT2D eigenvalue weighted by atomic mass is 35.5. The van der Waals surface area contributed by atoms with Crippen molar-refractivity contribution in [3.8, 4) is 32.3 Å². The van der Waals surface area contributed by atoms with Gasteiger partial charge in [-0.1, -0.05) is 54.1 Å². The second-order valence-corrected chi connectivity index (χ2v) is 9.22. The van der Waals surface area contributed by atoms with Crippen LogP contribution in [0.1, 0.15) is 0 Å². The topological polar surface area (TPSA) is 73.1 Å². The first kappa shape index (κ1) is 19.7. The Morgan fingerprint density at radius 3 is 2.14 bits per heavy atom. The maximum Gasteiger partial charge on any atom is 0.238 e. The molecule has 0 aliphatic rings. The zero-order valence-corrected chi connectivity index (χ0v) is 17.2. The summed E-state index contributed by atoms with van der Waals surface area (Å²) in [4.78, 5) is 5.60. The van der Waals surface area contributed by atoms with Gasteiger partial charge in [0.25, 0.3) is 0 Å². The van der Waals surface area contributed by atoms with E-state index in [1.807, 2.05) is 18.2 Å². The van der Waals surface area contributed by atoms with Gasteiger partial charge in [-0.15, -0.1) is 11.3 Å². The summed E-state index contributed by atoms with van der Waals surface area (Å²) >= 11 is 7.77. The lowest BCUT2D eigenvalue weighted by Gasteiger charge is -2.04. The molecule has 0 atom stereocenters. The molecule has 4 nitrogen and oxygen atoms in total. The van der Waals surface area contributed by atoms with E-state index in [1.54, 1.807) is 30.3 Å². The summed E-state index contributed by atoms with van der Waals surface area (Å²) in [7, 11) is -3.79. The monoisotopic (exact) mass is 444 g/mol. The molecule has 0 amide bonds. The molecule has 8 heteroatoms. The molecule has 146 valence electrons. The van der Waals surface area contributed by atoms with Crippen molar-refractivity contribution in [2.45, 2.75) is 4.90 Å². The van der Waals surface area contributed by atoms with E-state index in [0.717, 1.165) is 16.0 Å². The maximum atomic E-state index is 13.4. The van der Waals surface area contributed by atoms with E-state index in [-0.39, 0.29) is 10.7 Å². The Morgan fingerprint density at radius 2 is 1.52 bits per heavy atom. The van der Waals surface area contributed by atoms with Crippen LogP contribution in [0.4, 0.5) is 4.39 Å². The van der Waals surface area contributed by atoms with Gasteiger partial charge in [0.15, 0.2) is 0 Å². The summed E-state index contributed by atoms with van der Waals surface area (Å²) in [6.45, 7) is 0. The number of primary sulfonamides is 1. The molecule has 3 aromatic carbocycles. The maximum absolute atomic E-state index is 13.4. The van der Waals surface area contributed by atoms with Gasteiger partial charge in [0.2, 0.25) is 10.0 Å². The van der Waals surface area contributed by atoms with Crippen LogP contribution in [-0.4, -0.2) is 13.4 Å². The van der Waals surface area contributed by atoms with Crippen LogP contribution >= 0.6 is 22.9 Å². The van der Waals surface area contributed by atoms with Crippen molar-refractivity contribution in [2.24, 2.45) is 5.14 Å². The zero-order chi connectivity index (χ0) is 20.6. The van der Waals surface area contributed by atoms with Crippen LogP contribution in [0.25, 0.3) is 32.3 Å². The van der Waals surface area contributed by atoms with Crippen LogP contribution in [0.3, 0.4) is 0 Å². The van der Waals surface area contributed by atoms with Crippen molar-refractivity contribution >= 4 is 33.0 Å². The van der Waals surface area contributed by atoms with Crippen LogP contribution < -0.4 is 5.14 Å². The second kappa shape index (κ2) is 7.68. The number of rotatable bonds is 4. The van der Waals surface area contributed by atoms with Gasteiger partial charge in [0, 0.05) is 11.1 Å². The van der Waals surface area contributed by atoms with E-state index in [2.05, 4.69) is 0 Å². The molecule has 0 bridgehead atoms. The molecule has 0 radical (unpaired) electrons. The molecule has 0 saturated carbocycles. The van der Waals surface area contributed by atoms with E-state index >= 15 is 0 Å². The highest BCUT2D eigenvalue weighted by Crippen LogP contribution is 2.42. The van der Waals surface area contributed by atoms with Crippen LogP contribution in [0.15, 0.2) is 77.7 Å². The Kier molecular flexibility index (Phi) is 5.23. The number of hydrogen-bond acceptors (Lipinski definition) is 4. The molecular formula is C21H14ClFN2O2S2. The second-order valence-electron chi connectivity index (χ2n) is 6.25. The molecule has 1 heterocycles. The molecule has 29 heavy (non-hydrogen) atoms. The summed E-state index contributed by atoms with van der Waals surface area (Å²) in [5.74, 6) is -0.330. The molecule has 1 aromatic heterocycles. The summed E-state index contributed by atoms with van der Waals surface area (Å²) in [5, 5.41) is 6.47. The van der Waals surface area contributed by atoms with Gasteiger partial charge in [-0.25, -0.2) is 22.9 Å². The Morgan fingerprint density at radius 1 is 0.897 bits per heavy atom. The predicted molar refractivity (Wildman–Crippen MR) is 115 cm³/mol. The lowest BCUT2D eigenvalue weighted by molar-refractivity contribution is 0.598. The van der Waals surface area contributed by atoms with E-state index in [0.29, 0.717) is 21.3 Å². The molecule has 0 aliphatic heterocycles. The average Bonchev–Trinajstić information content (AvgIpc) is 3.13. The van der Waals surface area contributed by atoms with E-state index in [9.17, 15) is 12.8 Å². The minimum atomic E-state index is -3.79. The molecule has 0 spiro atoms. The van der Waals surface area contributed by atoms with Crippen molar-refractivity contribution in [1.82, 2.24) is 4.98 Å². The van der Waals surface area contributed by atoms with Crippen molar-refractivity contribution < 1.29 is 12.8 Å². The Bertz CT molecular complexity index is 1290. The number of benzene rings is 3. The highest BCUT2D eigenvalue weighted by Gasteiger charge is 2.18. The van der Waals surface area contributed by atoms with Gasteiger partial charge in [0.1, 0.15) is 10.8 Å². The van der Waals surface area contributed by atoms with E-state index < -0.39 is 10.0 Å². The molecule has 0 aliphatic carbocycles. The molecule has 2 N–H and O–H groups in total. The van der Waals surface area contributed by atoms with Gasteiger partial charge in [-0.3, -0.25) is 0 Å². The van der Waals surface area contributed by atoms with Crippen LogP contribution in [0.2, 0.25) is 5.02 Å². The molecule has 0 unspecified atom stereocenters. The predicted octanol–water partition coefficient (Wildman–Crippen LogP) is 5.58. The number of nitrogens with two attached hydrogens (primary N) is 1. The van der Waals surface area contributed by atoms with E-state index in [1.165, 1.54) is 35.6 Å². The Labute approximate surface area is 176 Å². The first-order valence-electron chi connectivity index (χ1n) is 8.48. The minimum Gasteiger partial charge on any atom is -0.235 e. The van der Waals surface area contributed by atoms with Gasteiger partial charge in [0.05, 0.1) is 20.5 Å². The van der Waals surface area contributed by atoms with Gasteiger partial charge in [-0.2, -0.15) is 0 Å². The average molecular weight is 445 g/mol. The fraction of sp³-hybridized carbons (Fsp3) is 0. The van der Waals surface area contributed by atoms with Gasteiger partial charge >= 0.3 is 0 Å². The first-order valence-corrected chi connectivity index (χ1v) is 11.2. The van der Waals surface area contributed by atoms with Crippen molar-refractivity contribution in [2.75, 3.05) is 0 Å². The van der Waals surface area contributed by atoms with Crippen LogP contribution in [-0.2, 0) is 10.0 Å². The van der Waals surface area contributed by atoms with Crippen molar-refractivity contribution in [3.63, 3.8) is 0 Å². The normalized spacial score (nSPS) is 11.6. The highest BCUT2D eigenvalue weighted by molar-refractivity contribution is 7.89. The smallest absolute Gasteiger partial charge is 0.235 e. The fourth-order valence-electron chi connectivity index (χ4n) is 2.87. The van der Waals surface area contributed by atoms with Crippen LogP contribution in [0.5, 0.6) is 0 Å². The number of hydrogen-bond donors (Lipinski definition) is 1. The summed E-state index contributed by atoms with van der Waals surface area (Å²) < 4.78 is 36.5. The molecule has 0 saturated heterocycles. The molecular weight excluding hydrogens is 431 g/mol. The van der Waals surface area contributed by atoms with Crippen molar-refractivity contribution in [1.29, 1.82) is 0 Å².